The van der Waals surface area contributed by atoms with Crippen LogP contribution in [0.3, 0.4) is 0 Å². The van der Waals surface area contributed by atoms with Crippen molar-refractivity contribution < 1.29 is 9.53 Å². The Bertz CT molecular complexity index is 270. The lowest BCUT2D eigenvalue weighted by Gasteiger charge is -2.25. The standard InChI is InChI=1S/C13H24N2O2/c1-10(9-17-2)7-13(16)15-6-5-11-3-4-12(8-15)14-11/h10-12,14H,3-9H2,1-2H3. The van der Waals surface area contributed by atoms with Gasteiger partial charge in [0.05, 0.1) is 0 Å². The molecule has 0 aromatic heterocycles. The molecular formula is C13H24N2O2. The molecule has 0 aromatic carbocycles. The molecule has 3 atom stereocenters. The minimum atomic E-state index is 0.295. The highest BCUT2D eigenvalue weighted by Crippen LogP contribution is 2.21. The van der Waals surface area contributed by atoms with Crippen molar-refractivity contribution >= 4 is 5.91 Å². The zero-order valence-electron chi connectivity index (χ0n) is 10.9. The number of carbonyl (C=O) groups excluding carboxylic acids is 1. The fourth-order valence-electron chi connectivity index (χ4n) is 2.94. The molecule has 0 saturated carbocycles. The summed E-state index contributed by atoms with van der Waals surface area (Å²) in [6.45, 7) is 4.56. The molecule has 3 unspecified atom stereocenters. The highest BCUT2D eigenvalue weighted by molar-refractivity contribution is 5.76. The molecule has 98 valence electrons. The summed E-state index contributed by atoms with van der Waals surface area (Å²) in [5.74, 6) is 0.616. The van der Waals surface area contributed by atoms with Crippen LogP contribution in [0.25, 0.3) is 0 Å². The van der Waals surface area contributed by atoms with Gasteiger partial charge < -0.3 is 15.0 Å². The van der Waals surface area contributed by atoms with Crippen LogP contribution in [0.4, 0.5) is 0 Å². The Morgan fingerprint density at radius 1 is 1.41 bits per heavy atom. The fraction of sp³-hybridized carbons (Fsp3) is 0.923. The Kier molecular flexibility index (Phi) is 4.40. The number of nitrogens with zero attached hydrogens (tertiary/aromatic N) is 1. The minimum absolute atomic E-state index is 0.295. The average Bonchev–Trinajstić information content (AvgIpc) is 2.58. The summed E-state index contributed by atoms with van der Waals surface area (Å²) in [6.07, 6.45) is 4.24. The van der Waals surface area contributed by atoms with Gasteiger partial charge in [-0.25, -0.2) is 0 Å². The topological polar surface area (TPSA) is 41.6 Å². The van der Waals surface area contributed by atoms with Gasteiger partial charge in [0, 0.05) is 45.3 Å². The van der Waals surface area contributed by atoms with E-state index >= 15 is 0 Å². The van der Waals surface area contributed by atoms with Crippen LogP contribution in [0, 0.1) is 5.92 Å². The third-order valence-corrected chi connectivity index (χ3v) is 3.85. The molecule has 2 rings (SSSR count). The zero-order chi connectivity index (χ0) is 12.3. The number of hydrogen-bond acceptors (Lipinski definition) is 3. The van der Waals surface area contributed by atoms with Gasteiger partial charge in [-0.1, -0.05) is 6.92 Å². The van der Waals surface area contributed by atoms with Crippen molar-refractivity contribution in [2.24, 2.45) is 5.92 Å². The highest BCUT2D eigenvalue weighted by atomic mass is 16.5. The van der Waals surface area contributed by atoms with Crippen molar-refractivity contribution in [1.29, 1.82) is 0 Å². The van der Waals surface area contributed by atoms with Crippen molar-refractivity contribution in [2.45, 2.75) is 44.7 Å². The lowest BCUT2D eigenvalue weighted by molar-refractivity contribution is -0.132. The van der Waals surface area contributed by atoms with Gasteiger partial charge in [-0.15, -0.1) is 0 Å². The van der Waals surface area contributed by atoms with E-state index in [1.165, 1.54) is 12.8 Å². The summed E-state index contributed by atoms with van der Waals surface area (Å²) in [7, 11) is 1.69. The second kappa shape index (κ2) is 5.83. The maximum atomic E-state index is 12.2. The first-order valence-corrected chi connectivity index (χ1v) is 6.71. The molecular weight excluding hydrogens is 216 g/mol. The number of rotatable bonds is 4. The van der Waals surface area contributed by atoms with Crippen LogP contribution in [0.1, 0.15) is 32.6 Å². The van der Waals surface area contributed by atoms with E-state index in [1.807, 2.05) is 4.90 Å². The van der Waals surface area contributed by atoms with Crippen LogP contribution in [0.15, 0.2) is 0 Å². The molecule has 2 heterocycles. The van der Waals surface area contributed by atoms with Crippen LogP contribution < -0.4 is 5.32 Å². The second-order valence-electron chi connectivity index (χ2n) is 5.53. The molecule has 2 bridgehead atoms. The number of fused-ring (bicyclic) bond motifs is 2. The summed E-state index contributed by atoms with van der Waals surface area (Å²) in [4.78, 5) is 14.2. The Balaban J connectivity index is 1.82. The van der Waals surface area contributed by atoms with Crippen LogP contribution >= 0.6 is 0 Å². The molecule has 4 heteroatoms. The van der Waals surface area contributed by atoms with Crippen molar-refractivity contribution in [3.63, 3.8) is 0 Å². The first kappa shape index (κ1) is 12.8. The summed E-state index contributed by atoms with van der Waals surface area (Å²) < 4.78 is 5.08. The Morgan fingerprint density at radius 3 is 2.94 bits per heavy atom. The fourth-order valence-corrected chi connectivity index (χ4v) is 2.94. The first-order valence-electron chi connectivity index (χ1n) is 6.71. The van der Waals surface area contributed by atoms with Gasteiger partial charge in [0.2, 0.25) is 5.91 Å². The molecule has 2 aliphatic rings. The molecule has 2 saturated heterocycles. The third kappa shape index (κ3) is 3.42. The van der Waals surface area contributed by atoms with Gasteiger partial charge in [0.15, 0.2) is 0 Å². The smallest absolute Gasteiger partial charge is 0.222 e. The highest BCUT2D eigenvalue weighted by Gasteiger charge is 2.31. The quantitative estimate of drug-likeness (QED) is 0.797. The van der Waals surface area contributed by atoms with E-state index in [9.17, 15) is 4.79 Å². The maximum absolute atomic E-state index is 12.2. The van der Waals surface area contributed by atoms with Crippen molar-refractivity contribution in [1.82, 2.24) is 10.2 Å². The SMILES string of the molecule is COCC(C)CC(=O)N1CCC2CCC(C1)N2. The zero-order valence-corrected chi connectivity index (χ0v) is 10.9. The first-order chi connectivity index (χ1) is 8.19. The molecule has 2 fully saturated rings. The summed E-state index contributed by atoms with van der Waals surface area (Å²) >= 11 is 0. The van der Waals surface area contributed by atoms with Gasteiger partial charge in [-0.3, -0.25) is 4.79 Å². The normalized spacial score (nSPS) is 30.1. The van der Waals surface area contributed by atoms with Crippen LogP contribution in [-0.2, 0) is 9.53 Å². The molecule has 2 aliphatic heterocycles. The molecule has 17 heavy (non-hydrogen) atoms. The Labute approximate surface area is 104 Å². The maximum Gasteiger partial charge on any atom is 0.222 e. The number of hydrogen-bond donors (Lipinski definition) is 1. The summed E-state index contributed by atoms with van der Waals surface area (Å²) in [5, 5.41) is 3.60. The van der Waals surface area contributed by atoms with E-state index in [-0.39, 0.29) is 0 Å². The van der Waals surface area contributed by atoms with Gasteiger partial charge in [0.25, 0.3) is 0 Å². The van der Waals surface area contributed by atoms with E-state index in [1.54, 1.807) is 7.11 Å². The number of nitrogens with one attached hydrogen (secondary N) is 1. The predicted octanol–water partition coefficient (Wildman–Crippen LogP) is 1.01. The van der Waals surface area contributed by atoms with E-state index in [0.29, 0.717) is 36.9 Å². The molecule has 0 spiro atoms. The largest absolute Gasteiger partial charge is 0.384 e. The van der Waals surface area contributed by atoms with Crippen molar-refractivity contribution in [3.05, 3.63) is 0 Å². The third-order valence-electron chi connectivity index (χ3n) is 3.85. The van der Waals surface area contributed by atoms with E-state index in [0.717, 1.165) is 19.5 Å². The molecule has 0 radical (unpaired) electrons. The number of amides is 1. The van der Waals surface area contributed by atoms with Crippen molar-refractivity contribution in [2.75, 3.05) is 26.8 Å². The van der Waals surface area contributed by atoms with Crippen LogP contribution in [-0.4, -0.2) is 49.7 Å². The van der Waals surface area contributed by atoms with Gasteiger partial charge >= 0.3 is 0 Å². The molecule has 1 N–H and O–H groups in total. The Hall–Kier alpha value is -0.610. The monoisotopic (exact) mass is 240 g/mol. The van der Waals surface area contributed by atoms with Crippen molar-refractivity contribution in [3.8, 4) is 0 Å². The summed E-state index contributed by atoms with van der Waals surface area (Å²) in [5.41, 5.74) is 0. The number of methoxy groups -OCH3 is 1. The van der Waals surface area contributed by atoms with Crippen LogP contribution in [0.2, 0.25) is 0 Å². The second-order valence-corrected chi connectivity index (χ2v) is 5.53. The molecule has 0 aromatic rings. The van der Waals surface area contributed by atoms with E-state index in [4.69, 9.17) is 4.74 Å². The van der Waals surface area contributed by atoms with E-state index < -0.39 is 0 Å². The lowest BCUT2D eigenvalue weighted by Crippen LogP contribution is -2.39. The number of ether oxygens (including phenoxy) is 1. The number of likely N-dealkylation sites (tertiary alicyclic amines) is 1. The number of carbonyl (C=O) groups is 1. The average molecular weight is 240 g/mol. The Morgan fingerprint density at radius 2 is 2.18 bits per heavy atom. The van der Waals surface area contributed by atoms with Crippen LogP contribution in [0.5, 0.6) is 0 Å². The molecule has 1 amide bonds. The predicted molar refractivity (Wildman–Crippen MR) is 66.8 cm³/mol. The summed E-state index contributed by atoms with van der Waals surface area (Å²) in [6, 6.07) is 1.18. The van der Waals surface area contributed by atoms with Gasteiger partial charge in [0.1, 0.15) is 0 Å². The molecule has 4 nitrogen and oxygen atoms in total. The molecule has 0 aliphatic carbocycles. The van der Waals surface area contributed by atoms with E-state index in [2.05, 4.69) is 12.2 Å². The lowest BCUT2D eigenvalue weighted by atomic mass is 10.1. The van der Waals surface area contributed by atoms with Gasteiger partial charge in [-0.2, -0.15) is 0 Å². The minimum Gasteiger partial charge on any atom is -0.384 e. The van der Waals surface area contributed by atoms with Gasteiger partial charge in [-0.05, 0) is 25.2 Å².